The summed E-state index contributed by atoms with van der Waals surface area (Å²) in [5.74, 6) is 0.0203. The van der Waals surface area contributed by atoms with Crippen molar-refractivity contribution in [2.45, 2.75) is 32.2 Å². The molecule has 0 saturated carbocycles. The van der Waals surface area contributed by atoms with Crippen molar-refractivity contribution in [3.63, 3.8) is 0 Å². The van der Waals surface area contributed by atoms with E-state index in [1.807, 2.05) is 45.2 Å². The molecule has 1 aromatic rings. The van der Waals surface area contributed by atoms with E-state index in [-0.39, 0.29) is 11.8 Å². The molecule has 1 unspecified atom stereocenters. The minimum Gasteiger partial charge on any atom is -0.383 e. The Labute approximate surface area is 128 Å². The summed E-state index contributed by atoms with van der Waals surface area (Å²) in [4.78, 5) is 0. The molecule has 0 heterocycles. The molecule has 0 aliphatic heterocycles. The van der Waals surface area contributed by atoms with Gasteiger partial charge in [0.1, 0.15) is 0 Å². The number of methoxy groups -OCH3 is 1. The monoisotopic (exact) mass is 314 g/mol. The summed E-state index contributed by atoms with van der Waals surface area (Å²) in [5.41, 5.74) is 1.89. The molecule has 0 fully saturated rings. The molecule has 1 rings (SSSR count). The lowest BCUT2D eigenvalue weighted by atomic mass is 10.1. The van der Waals surface area contributed by atoms with Gasteiger partial charge in [-0.3, -0.25) is 0 Å². The Morgan fingerprint density at radius 2 is 2.00 bits per heavy atom. The Bertz CT molecular complexity index is 531. The molecule has 1 N–H and O–H groups in total. The van der Waals surface area contributed by atoms with E-state index in [9.17, 15) is 8.42 Å². The first kappa shape index (κ1) is 18.1. The minimum atomic E-state index is -3.35. The van der Waals surface area contributed by atoms with Gasteiger partial charge < -0.3 is 10.1 Å². The van der Waals surface area contributed by atoms with Crippen molar-refractivity contribution in [3.8, 4) is 0 Å². The molecular weight excluding hydrogens is 288 g/mol. The summed E-state index contributed by atoms with van der Waals surface area (Å²) in [5, 5.41) is 3.07. The van der Waals surface area contributed by atoms with Crippen LogP contribution in [0.15, 0.2) is 24.3 Å². The smallest absolute Gasteiger partial charge is 0.218 e. The first-order valence-corrected chi connectivity index (χ1v) is 8.76. The number of nitrogens with one attached hydrogen (secondary N) is 1. The van der Waals surface area contributed by atoms with E-state index in [0.717, 1.165) is 17.7 Å². The Morgan fingerprint density at radius 3 is 2.57 bits per heavy atom. The van der Waals surface area contributed by atoms with Crippen LogP contribution in [0, 0.1) is 0 Å². The van der Waals surface area contributed by atoms with E-state index in [4.69, 9.17) is 4.74 Å². The fourth-order valence-electron chi connectivity index (χ4n) is 2.43. The Kier molecular flexibility index (Phi) is 7.31. The Balaban J connectivity index is 2.90. The maximum atomic E-state index is 12.6. The number of nitrogens with zero attached hydrogens (tertiary/aromatic N) is 1. The Hall–Kier alpha value is -0.950. The van der Waals surface area contributed by atoms with E-state index in [0.29, 0.717) is 13.2 Å². The zero-order chi connectivity index (χ0) is 15.9. The number of hydrogen-bond donors (Lipinski definition) is 1. The van der Waals surface area contributed by atoms with Crippen LogP contribution >= 0.6 is 0 Å². The standard InChI is InChI=1S/C15H26N2O3S/c1-5-17(13(2)11-20-4)21(18,19)12-15-8-6-7-14(9-15)10-16-3/h6-9,13,16H,5,10-12H2,1-4H3. The molecular formula is C15H26N2O3S. The molecule has 1 aromatic carbocycles. The molecule has 0 aliphatic carbocycles. The summed E-state index contributed by atoms with van der Waals surface area (Å²) < 4.78 is 31.7. The molecule has 0 amide bonds. The minimum absolute atomic E-state index is 0.0203. The molecule has 21 heavy (non-hydrogen) atoms. The number of ether oxygens (including phenoxy) is 1. The van der Waals surface area contributed by atoms with Crippen LogP contribution in [0.2, 0.25) is 0 Å². The van der Waals surface area contributed by atoms with Crippen molar-refractivity contribution in [1.29, 1.82) is 0 Å². The highest BCUT2D eigenvalue weighted by Crippen LogP contribution is 2.15. The van der Waals surface area contributed by atoms with Gasteiger partial charge in [-0.05, 0) is 25.1 Å². The van der Waals surface area contributed by atoms with Gasteiger partial charge in [-0.1, -0.05) is 31.2 Å². The normalized spacial score (nSPS) is 13.6. The molecule has 5 nitrogen and oxygen atoms in total. The maximum absolute atomic E-state index is 12.6. The lowest BCUT2D eigenvalue weighted by Crippen LogP contribution is -2.41. The van der Waals surface area contributed by atoms with Gasteiger partial charge in [0.15, 0.2) is 0 Å². The fourth-order valence-corrected chi connectivity index (χ4v) is 4.20. The second-order valence-corrected chi connectivity index (χ2v) is 7.04. The van der Waals surface area contributed by atoms with Gasteiger partial charge in [0.2, 0.25) is 10.0 Å². The van der Waals surface area contributed by atoms with Gasteiger partial charge in [0.05, 0.1) is 12.4 Å². The summed E-state index contributed by atoms with van der Waals surface area (Å²) in [7, 11) is 0.106. The van der Waals surface area contributed by atoms with Crippen molar-refractivity contribution in [3.05, 3.63) is 35.4 Å². The lowest BCUT2D eigenvalue weighted by Gasteiger charge is -2.26. The molecule has 0 saturated heterocycles. The van der Waals surface area contributed by atoms with Crippen molar-refractivity contribution >= 4 is 10.0 Å². The highest BCUT2D eigenvalue weighted by molar-refractivity contribution is 7.88. The summed E-state index contributed by atoms with van der Waals surface area (Å²) in [6.45, 7) is 5.28. The van der Waals surface area contributed by atoms with Crippen molar-refractivity contribution < 1.29 is 13.2 Å². The van der Waals surface area contributed by atoms with E-state index in [1.54, 1.807) is 7.11 Å². The first-order valence-electron chi connectivity index (χ1n) is 7.15. The van der Waals surface area contributed by atoms with Crippen LogP contribution in [0.25, 0.3) is 0 Å². The van der Waals surface area contributed by atoms with Gasteiger partial charge in [0.25, 0.3) is 0 Å². The van der Waals surface area contributed by atoms with Crippen molar-refractivity contribution in [2.24, 2.45) is 0 Å². The average molecular weight is 314 g/mol. The van der Waals surface area contributed by atoms with Gasteiger partial charge in [-0.15, -0.1) is 0 Å². The van der Waals surface area contributed by atoms with E-state index in [2.05, 4.69) is 5.32 Å². The summed E-state index contributed by atoms with van der Waals surface area (Å²) in [6, 6.07) is 7.50. The van der Waals surface area contributed by atoms with Gasteiger partial charge >= 0.3 is 0 Å². The number of sulfonamides is 1. The SMILES string of the molecule is CCN(C(C)COC)S(=O)(=O)Cc1cccc(CNC)c1. The highest BCUT2D eigenvalue weighted by atomic mass is 32.2. The molecule has 0 aliphatic rings. The topological polar surface area (TPSA) is 58.6 Å². The maximum Gasteiger partial charge on any atom is 0.218 e. The lowest BCUT2D eigenvalue weighted by molar-refractivity contribution is 0.142. The average Bonchev–Trinajstić information content (AvgIpc) is 2.39. The largest absolute Gasteiger partial charge is 0.383 e. The third kappa shape index (κ3) is 5.39. The third-order valence-electron chi connectivity index (χ3n) is 3.29. The molecule has 0 radical (unpaired) electrons. The fraction of sp³-hybridized carbons (Fsp3) is 0.600. The zero-order valence-electron chi connectivity index (χ0n) is 13.3. The van der Waals surface area contributed by atoms with Gasteiger partial charge in [-0.25, -0.2) is 8.42 Å². The summed E-state index contributed by atoms with van der Waals surface area (Å²) >= 11 is 0. The van der Waals surface area contributed by atoms with Crippen LogP contribution in [0.1, 0.15) is 25.0 Å². The number of rotatable bonds is 9. The number of hydrogen-bond acceptors (Lipinski definition) is 4. The van der Waals surface area contributed by atoms with Crippen LogP contribution < -0.4 is 5.32 Å². The molecule has 1 atom stereocenters. The second kappa shape index (κ2) is 8.48. The number of benzene rings is 1. The van der Waals surface area contributed by atoms with Crippen LogP contribution in [0.4, 0.5) is 0 Å². The van der Waals surface area contributed by atoms with Crippen molar-refractivity contribution in [2.75, 3.05) is 27.3 Å². The highest BCUT2D eigenvalue weighted by Gasteiger charge is 2.26. The zero-order valence-corrected chi connectivity index (χ0v) is 14.1. The Morgan fingerprint density at radius 1 is 1.33 bits per heavy atom. The van der Waals surface area contributed by atoms with E-state index >= 15 is 0 Å². The van der Waals surface area contributed by atoms with Crippen LogP contribution in [0.5, 0.6) is 0 Å². The van der Waals surface area contributed by atoms with Gasteiger partial charge in [0, 0.05) is 26.2 Å². The predicted molar refractivity (Wildman–Crippen MR) is 85.5 cm³/mol. The van der Waals surface area contributed by atoms with Crippen LogP contribution in [-0.2, 0) is 27.1 Å². The van der Waals surface area contributed by atoms with Crippen molar-refractivity contribution in [1.82, 2.24) is 9.62 Å². The molecule has 6 heteroatoms. The predicted octanol–water partition coefficient (Wildman–Crippen LogP) is 1.59. The molecule has 0 bridgehead atoms. The van der Waals surface area contributed by atoms with E-state index in [1.165, 1.54) is 4.31 Å². The quantitative estimate of drug-likeness (QED) is 0.752. The molecule has 0 aromatic heterocycles. The summed E-state index contributed by atoms with van der Waals surface area (Å²) in [6.07, 6.45) is 0. The molecule has 0 spiro atoms. The van der Waals surface area contributed by atoms with E-state index < -0.39 is 10.0 Å². The molecule has 120 valence electrons. The van der Waals surface area contributed by atoms with Gasteiger partial charge in [-0.2, -0.15) is 4.31 Å². The van der Waals surface area contributed by atoms with Crippen LogP contribution in [-0.4, -0.2) is 46.1 Å². The second-order valence-electron chi connectivity index (χ2n) is 5.11. The number of likely N-dealkylation sites (N-methyl/N-ethyl adjacent to an activating group) is 1. The third-order valence-corrected chi connectivity index (χ3v) is 5.32. The van der Waals surface area contributed by atoms with Crippen LogP contribution in [0.3, 0.4) is 0 Å². The first-order chi connectivity index (χ1) is 9.94.